The van der Waals surface area contributed by atoms with Crippen molar-refractivity contribution in [3.63, 3.8) is 0 Å². The van der Waals surface area contributed by atoms with Crippen LogP contribution in [-0.2, 0) is 9.59 Å². The van der Waals surface area contributed by atoms with Crippen LogP contribution in [0.15, 0.2) is 24.3 Å². The second-order valence-corrected chi connectivity index (χ2v) is 4.67. The van der Waals surface area contributed by atoms with E-state index >= 15 is 0 Å². The lowest BCUT2D eigenvalue weighted by Crippen LogP contribution is -2.22. The van der Waals surface area contributed by atoms with E-state index in [0.717, 1.165) is 12.8 Å². The number of halogens is 3. The molecular formula is C15H19F3N2O5. The predicted octanol–water partition coefficient (Wildman–Crippen LogP) is 1.60. The average Bonchev–Trinajstić information content (AvgIpc) is 2.52. The molecule has 0 radical (unpaired) electrons. The van der Waals surface area contributed by atoms with Gasteiger partial charge in [-0.2, -0.15) is 13.2 Å². The maximum atomic E-state index is 11.4. The van der Waals surface area contributed by atoms with Gasteiger partial charge < -0.3 is 26.4 Å². The Hall–Kier alpha value is -2.75. The maximum Gasteiger partial charge on any atom is 0.490 e. The van der Waals surface area contributed by atoms with Crippen molar-refractivity contribution in [2.45, 2.75) is 19.0 Å². The first-order valence-electron chi connectivity index (χ1n) is 7.06. The van der Waals surface area contributed by atoms with Crippen LogP contribution < -0.4 is 11.1 Å². The summed E-state index contributed by atoms with van der Waals surface area (Å²) in [6.07, 6.45) is -0.391. The Labute approximate surface area is 141 Å². The van der Waals surface area contributed by atoms with Gasteiger partial charge in [-0.15, -0.1) is 0 Å². The number of carboxylic acid groups (broad SMARTS) is 1. The van der Waals surface area contributed by atoms with Crippen molar-refractivity contribution in [3.8, 4) is 11.5 Å². The van der Waals surface area contributed by atoms with Crippen LogP contribution in [0.5, 0.6) is 11.5 Å². The van der Waals surface area contributed by atoms with E-state index in [9.17, 15) is 23.1 Å². The van der Waals surface area contributed by atoms with Gasteiger partial charge in [0.25, 0.3) is 0 Å². The van der Waals surface area contributed by atoms with E-state index in [4.69, 9.17) is 20.7 Å². The number of aromatic hydroxyl groups is 2. The Morgan fingerprint density at radius 2 is 1.76 bits per heavy atom. The molecule has 0 aliphatic rings. The van der Waals surface area contributed by atoms with E-state index in [1.807, 2.05) is 0 Å². The number of benzene rings is 1. The van der Waals surface area contributed by atoms with Gasteiger partial charge in [0.2, 0.25) is 5.91 Å². The Morgan fingerprint density at radius 1 is 1.16 bits per heavy atom. The van der Waals surface area contributed by atoms with Crippen LogP contribution in [0.2, 0.25) is 0 Å². The van der Waals surface area contributed by atoms with Gasteiger partial charge in [-0.25, -0.2) is 4.79 Å². The highest BCUT2D eigenvalue weighted by Gasteiger charge is 2.38. The molecule has 0 aliphatic carbocycles. The zero-order chi connectivity index (χ0) is 19.5. The molecule has 1 amide bonds. The first-order chi connectivity index (χ1) is 11.6. The van der Waals surface area contributed by atoms with E-state index in [0.29, 0.717) is 18.7 Å². The fourth-order valence-corrected chi connectivity index (χ4v) is 1.36. The third kappa shape index (κ3) is 10.6. The zero-order valence-corrected chi connectivity index (χ0v) is 13.1. The van der Waals surface area contributed by atoms with Gasteiger partial charge in [0.15, 0.2) is 11.5 Å². The molecule has 6 N–H and O–H groups in total. The third-order valence-corrected chi connectivity index (χ3v) is 2.60. The molecule has 0 spiro atoms. The van der Waals surface area contributed by atoms with Crippen LogP contribution >= 0.6 is 0 Å². The predicted molar refractivity (Wildman–Crippen MR) is 83.8 cm³/mol. The van der Waals surface area contributed by atoms with Gasteiger partial charge in [0, 0.05) is 12.6 Å². The van der Waals surface area contributed by atoms with Crippen LogP contribution in [0.1, 0.15) is 18.4 Å². The smallest absolute Gasteiger partial charge is 0.490 e. The molecule has 1 aromatic rings. The number of phenols is 2. The van der Waals surface area contributed by atoms with E-state index in [-0.39, 0.29) is 17.4 Å². The molecule has 25 heavy (non-hydrogen) atoms. The average molecular weight is 364 g/mol. The minimum absolute atomic E-state index is 0.182. The van der Waals surface area contributed by atoms with Crippen molar-refractivity contribution < 1.29 is 38.1 Å². The maximum absolute atomic E-state index is 11.4. The molecule has 0 aliphatic heterocycles. The summed E-state index contributed by atoms with van der Waals surface area (Å²) in [4.78, 5) is 20.3. The zero-order valence-electron chi connectivity index (χ0n) is 13.1. The highest BCUT2D eigenvalue weighted by atomic mass is 19.4. The highest BCUT2D eigenvalue weighted by Crippen LogP contribution is 2.25. The summed E-state index contributed by atoms with van der Waals surface area (Å²) < 4.78 is 31.7. The molecule has 0 heterocycles. The second-order valence-electron chi connectivity index (χ2n) is 4.67. The fraction of sp³-hybridized carbons (Fsp3) is 0.333. The number of carbonyl (C=O) groups is 2. The highest BCUT2D eigenvalue weighted by molar-refractivity contribution is 5.91. The number of phenolic OH excluding ortho intramolecular Hbond substituents is 2. The summed E-state index contributed by atoms with van der Waals surface area (Å²) in [6, 6.07) is 4.36. The van der Waals surface area contributed by atoms with Gasteiger partial charge in [-0.3, -0.25) is 4.79 Å². The summed E-state index contributed by atoms with van der Waals surface area (Å²) >= 11 is 0. The molecular weight excluding hydrogens is 345 g/mol. The van der Waals surface area contributed by atoms with Crippen LogP contribution in [0.3, 0.4) is 0 Å². The van der Waals surface area contributed by atoms with Crippen molar-refractivity contribution in [3.05, 3.63) is 29.8 Å². The van der Waals surface area contributed by atoms with E-state index in [1.165, 1.54) is 18.2 Å². The summed E-state index contributed by atoms with van der Waals surface area (Å²) in [5, 5.41) is 28.2. The first kappa shape index (κ1) is 22.2. The van der Waals surface area contributed by atoms with Gasteiger partial charge in [-0.05, 0) is 43.2 Å². The van der Waals surface area contributed by atoms with E-state index in [2.05, 4.69) is 5.32 Å². The lowest BCUT2D eigenvalue weighted by molar-refractivity contribution is -0.192. The van der Waals surface area contributed by atoms with Crippen molar-refractivity contribution in [2.75, 3.05) is 13.1 Å². The van der Waals surface area contributed by atoms with Crippen molar-refractivity contribution in [1.29, 1.82) is 0 Å². The minimum Gasteiger partial charge on any atom is -0.504 e. The molecule has 0 fully saturated rings. The Balaban J connectivity index is 0.000000697. The van der Waals surface area contributed by atoms with Gasteiger partial charge in [-0.1, -0.05) is 6.07 Å². The number of hydrogen-bond donors (Lipinski definition) is 5. The number of nitrogens with two attached hydrogens (primary N) is 1. The Bertz CT molecular complexity index is 603. The number of hydrogen-bond acceptors (Lipinski definition) is 5. The first-order valence-corrected chi connectivity index (χ1v) is 7.06. The molecule has 0 saturated heterocycles. The summed E-state index contributed by atoms with van der Waals surface area (Å²) in [5.41, 5.74) is 5.98. The number of carboxylic acids is 1. The van der Waals surface area contributed by atoms with E-state index in [1.54, 1.807) is 12.1 Å². The van der Waals surface area contributed by atoms with Crippen LogP contribution in [-0.4, -0.2) is 46.5 Å². The molecule has 0 saturated carbocycles. The topological polar surface area (TPSA) is 133 Å². The van der Waals surface area contributed by atoms with Crippen molar-refractivity contribution >= 4 is 18.0 Å². The largest absolute Gasteiger partial charge is 0.504 e. The molecule has 0 bridgehead atoms. The summed E-state index contributed by atoms with van der Waals surface area (Å²) in [6.45, 7) is 1.22. The minimum atomic E-state index is -5.08. The molecule has 0 aromatic heterocycles. The van der Waals surface area contributed by atoms with Crippen molar-refractivity contribution in [1.82, 2.24) is 5.32 Å². The number of rotatable bonds is 6. The third-order valence-electron chi connectivity index (χ3n) is 2.60. The second kappa shape index (κ2) is 10.9. The lowest BCUT2D eigenvalue weighted by Gasteiger charge is -2.01. The molecule has 1 aromatic carbocycles. The molecule has 0 atom stereocenters. The standard InChI is InChI=1S/C13H18N2O3.C2HF3O2/c14-7-1-2-8-15-13(18)6-4-10-3-5-11(16)12(17)9-10;3-2(4,5)1(6)7/h3-6,9,16-17H,1-2,7-8,14H2,(H,15,18);(H,6,7)/b6-4+;. The summed E-state index contributed by atoms with van der Waals surface area (Å²) in [7, 11) is 0. The number of amides is 1. The molecule has 1 rings (SSSR count). The number of nitrogens with one attached hydrogen (secondary N) is 1. The normalized spacial score (nSPS) is 10.9. The number of aliphatic carboxylic acids is 1. The quantitative estimate of drug-likeness (QED) is 0.296. The van der Waals surface area contributed by atoms with Crippen LogP contribution in [0, 0.1) is 0 Å². The van der Waals surface area contributed by atoms with E-state index < -0.39 is 12.1 Å². The monoisotopic (exact) mass is 364 g/mol. The molecule has 10 heteroatoms. The molecule has 140 valence electrons. The van der Waals surface area contributed by atoms with Crippen LogP contribution in [0.25, 0.3) is 6.08 Å². The SMILES string of the molecule is NCCCCNC(=O)/C=C/c1ccc(O)c(O)c1.O=C(O)C(F)(F)F. The Morgan fingerprint density at radius 3 is 2.24 bits per heavy atom. The fourth-order valence-electron chi connectivity index (χ4n) is 1.36. The van der Waals surface area contributed by atoms with Gasteiger partial charge >= 0.3 is 12.1 Å². The molecule has 0 unspecified atom stereocenters. The van der Waals surface area contributed by atoms with Crippen LogP contribution in [0.4, 0.5) is 13.2 Å². The Kier molecular flexibility index (Phi) is 9.72. The number of unbranched alkanes of at least 4 members (excludes halogenated alkanes) is 1. The van der Waals surface area contributed by atoms with Crippen molar-refractivity contribution in [2.24, 2.45) is 5.73 Å². The molecule has 7 nitrogen and oxygen atoms in total. The van der Waals surface area contributed by atoms with Gasteiger partial charge in [0.1, 0.15) is 0 Å². The number of alkyl halides is 3. The lowest BCUT2D eigenvalue weighted by atomic mass is 10.2. The number of carbonyl (C=O) groups excluding carboxylic acids is 1. The summed E-state index contributed by atoms with van der Waals surface area (Å²) in [5.74, 6) is -3.34. The van der Waals surface area contributed by atoms with Gasteiger partial charge in [0.05, 0.1) is 0 Å².